The third-order valence-corrected chi connectivity index (χ3v) is 4.93. The molecular formula is C17H24ClNO. The Morgan fingerprint density at radius 3 is 2.85 bits per heavy atom. The van der Waals surface area contributed by atoms with E-state index in [1.165, 1.54) is 50.5 Å². The van der Waals surface area contributed by atoms with Gasteiger partial charge < -0.3 is 10.1 Å². The Bertz CT molecular complexity index is 442. The maximum absolute atomic E-state index is 6.36. The second kappa shape index (κ2) is 6.46. The van der Waals surface area contributed by atoms with Crippen molar-refractivity contribution < 1.29 is 4.74 Å². The first-order chi connectivity index (χ1) is 9.76. The lowest BCUT2D eigenvalue weighted by molar-refractivity contribution is -0.0624. The van der Waals surface area contributed by atoms with Crippen LogP contribution in [-0.2, 0) is 11.3 Å². The molecule has 0 aromatic heterocycles. The Labute approximate surface area is 126 Å². The Morgan fingerprint density at radius 2 is 2.05 bits per heavy atom. The molecule has 1 aliphatic heterocycles. The molecule has 3 rings (SSSR count). The summed E-state index contributed by atoms with van der Waals surface area (Å²) < 4.78 is 6.36. The van der Waals surface area contributed by atoms with Gasteiger partial charge >= 0.3 is 0 Å². The molecule has 1 spiro atoms. The molecule has 20 heavy (non-hydrogen) atoms. The summed E-state index contributed by atoms with van der Waals surface area (Å²) in [7, 11) is 0. The molecule has 0 bridgehead atoms. The van der Waals surface area contributed by atoms with Crippen LogP contribution in [0.15, 0.2) is 24.3 Å². The molecule has 1 aromatic carbocycles. The van der Waals surface area contributed by atoms with Gasteiger partial charge in [0.25, 0.3) is 0 Å². The molecule has 1 aromatic rings. The molecule has 1 saturated carbocycles. The average Bonchev–Trinajstić information content (AvgIpc) is 2.83. The highest BCUT2D eigenvalue weighted by molar-refractivity contribution is 6.30. The van der Waals surface area contributed by atoms with Crippen molar-refractivity contribution in [3.8, 4) is 0 Å². The Morgan fingerprint density at radius 1 is 1.20 bits per heavy atom. The van der Waals surface area contributed by atoms with Crippen LogP contribution in [0.25, 0.3) is 0 Å². The summed E-state index contributed by atoms with van der Waals surface area (Å²) >= 11 is 6.00. The first kappa shape index (κ1) is 14.4. The fraction of sp³-hybridized carbons (Fsp3) is 0.647. The zero-order valence-corrected chi connectivity index (χ0v) is 12.8. The lowest BCUT2D eigenvalue weighted by atomic mass is 9.83. The van der Waals surface area contributed by atoms with Gasteiger partial charge in [-0.2, -0.15) is 0 Å². The molecule has 1 unspecified atom stereocenters. The van der Waals surface area contributed by atoms with Gasteiger partial charge in [0.1, 0.15) is 0 Å². The average molecular weight is 294 g/mol. The minimum absolute atomic E-state index is 0.237. The smallest absolute Gasteiger partial charge is 0.0708 e. The molecule has 1 saturated heterocycles. The molecule has 0 amide bonds. The van der Waals surface area contributed by atoms with Crippen LogP contribution in [0.5, 0.6) is 0 Å². The fourth-order valence-corrected chi connectivity index (χ4v) is 3.84. The molecule has 1 aliphatic carbocycles. The van der Waals surface area contributed by atoms with Gasteiger partial charge in [0.05, 0.1) is 11.7 Å². The molecule has 3 heteroatoms. The van der Waals surface area contributed by atoms with E-state index in [1.807, 2.05) is 18.2 Å². The van der Waals surface area contributed by atoms with Gasteiger partial charge in [-0.1, -0.05) is 43.0 Å². The molecular weight excluding hydrogens is 270 g/mol. The lowest BCUT2D eigenvalue weighted by Gasteiger charge is -2.33. The highest BCUT2D eigenvalue weighted by Gasteiger charge is 2.40. The summed E-state index contributed by atoms with van der Waals surface area (Å²) in [6, 6.07) is 8.05. The molecule has 2 aliphatic rings. The van der Waals surface area contributed by atoms with E-state index < -0.39 is 0 Å². The molecule has 1 heterocycles. The quantitative estimate of drug-likeness (QED) is 0.893. The van der Waals surface area contributed by atoms with E-state index in [2.05, 4.69) is 11.4 Å². The van der Waals surface area contributed by atoms with E-state index in [4.69, 9.17) is 16.3 Å². The molecule has 2 fully saturated rings. The standard InChI is InChI=1S/C17H24ClNO/c18-15-6-4-5-14(11-15)12-19-13-16-7-10-17(20-16)8-2-1-3-9-17/h4-6,11,16,19H,1-3,7-10,12-13H2. The van der Waals surface area contributed by atoms with Crippen molar-refractivity contribution >= 4 is 11.6 Å². The molecule has 0 radical (unpaired) electrons. The topological polar surface area (TPSA) is 21.3 Å². The number of hydrogen-bond donors (Lipinski definition) is 1. The fourth-order valence-electron chi connectivity index (χ4n) is 3.63. The molecule has 1 N–H and O–H groups in total. The summed E-state index contributed by atoms with van der Waals surface area (Å²) in [5, 5.41) is 4.32. The maximum Gasteiger partial charge on any atom is 0.0708 e. The Kier molecular flexibility index (Phi) is 4.65. The van der Waals surface area contributed by atoms with Crippen molar-refractivity contribution in [2.24, 2.45) is 0 Å². The number of rotatable bonds is 4. The highest BCUT2D eigenvalue weighted by atomic mass is 35.5. The van der Waals surface area contributed by atoms with Gasteiger partial charge in [-0.05, 0) is 43.4 Å². The first-order valence-electron chi connectivity index (χ1n) is 7.89. The van der Waals surface area contributed by atoms with E-state index in [9.17, 15) is 0 Å². The minimum atomic E-state index is 0.237. The van der Waals surface area contributed by atoms with Crippen LogP contribution in [0.2, 0.25) is 5.02 Å². The van der Waals surface area contributed by atoms with Gasteiger partial charge in [-0.3, -0.25) is 0 Å². The van der Waals surface area contributed by atoms with Crippen LogP contribution in [0.1, 0.15) is 50.5 Å². The van der Waals surface area contributed by atoms with E-state index in [1.54, 1.807) is 0 Å². The van der Waals surface area contributed by atoms with Crippen molar-refractivity contribution in [1.82, 2.24) is 5.32 Å². The van der Waals surface area contributed by atoms with E-state index >= 15 is 0 Å². The molecule has 110 valence electrons. The predicted molar refractivity (Wildman–Crippen MR) is 83.1 cm³/mol. The van der Waals surface area contributed by atoms with Crippen LogP contribution in [0, 0.1) is 0 Å². The van der Waals surface area contributed by atoms with Gasteiger partial charge in [0.15, 0.2) is 0 Å². The molecule has 2 nitrogen and oxygen atoms in total. The van der Waals surface area contributed by atoms with E-state index in [-0.39, 0.29) is 5.60 Å². The summed E-state index contributed by atoms with van der Waals surface area (Å²) in [6.45, 7) is 1.82. The number of benzene rings is 1. The van der Waals surface area contributed by atoms with Gasteiger partial charge in [-0.15, -0.1) is 0 Å². The lowest BCUT2D eigenvalue weighted by Crippen LogP contribution is -2.34. The maximum atomic E-state index is 6.36. The van der Waals surface area contributed by atoms with E-state index in [0.717, 1.165) is 18.1 Å². The summed E-state index contributed by atoms with van der Waals surface area (Å²) in [5.74, 6) is 0. The van der Waals surface area contributed by atoms with Crippen LogP contribution in [-0.4, -0.2) is 18.2 Å². The van der Waals surface area contributed by atoms with Crippen molar-refractivity contribution in [3.63, 3.8) is 0 Å². The van der Waals surface area contributed by atoms with Crippen LogP contribution >= 0.6 is 11.6 Å². The van der Waals surface area contributed by atoms with Crippen molar-refractivity contribution in [1.29, 1.82) is 0 Å². The van der Waals surface area contributed by atoms with Gasteiger partial charge in [-0.25, -0.2) is 0 Å². The summed E-state index contributed by atoms with van der Waals surface area (Å²) in [6.07, 6.45) is 9.51. The van der Waals surface area contributed by atoms with E-state index in [0.29, 0.717) is 6.10 Å². The second-order valence-corrected chi connectivity index (χ2v) is 6.72. The zero-order chi connectivity index (χ0) is 13.8. The summed E-state index contributed by atoms with van der Waals surface area (Å²) in [4.78, 5) is 0. The molecule has 1 atom stereocenters. The van der Waals surface area contributed by atoms with Gasteiger partial charge in [0.2, 0.25) is 0 Å². The third kappa shape index (κ3) is 3.55. The largest absolute Gasteiger partial charge is 0.370 e. The first-order valence-corrected chi connectivity index (χ1v) is 8.27. The summed E-state index contributed by atoms with van der Waals surface area (Å²) in [5.41, 5.74) is 1.48. The normalized spacial score (nSPS) is 25.1. The second-order valence-electron chi connectivity index (χ2n) is 6.28. The van der Waals surface area contributed by atoms with Crippen molar-refractivity contribution in [3.05, 3.63) is 34.9 Å². The number of nitrogens with one attached hydrogen (secondary N) is 1. The zero-order valence-electron chi connectivity index (χ0n) is 12.0. The van der Waals surface area contributed by atoms with Crippen LogP contribution < -0.4 is 5.32 Å². The Hall–Kier alpha value is -0.570. The van der Waals surface area contributed by atoms with Crippen molar-refractivity contribution in [2.75, 3.05) is 6.54 Å². The number of ether oxygens (including phenoxy) is 1. The van der Waals surface area contributed by atoms with Gasteiger partial charge in [0, 0.05) is 18.1 Å². The third-order valence-electron chi connectivity index (χ3n) is 4.69. The number of halogens is 1. The highest BCUT2D eigenvalue weighted by Crippen LogP contribution is 2.41. The van der Waals surface area contributed by atoms with Crippen molar-refractivity contribution in [2.45, 2.75) is 63.2 Å². The Balaban J connectivity index is 1.43. The minimum Gasteiger partial charge on any atom is -0.370 e. The monoisotopic (exact) mass is 293 g/mol. The van der Waals surface area contributed by atoms with Crippen LogP contribution in [0.4, 0.5) is 0 Å². The SMILES string of the molecule is Clc1cccc(CNCC2CCC3(CCCCC3)O2)c1. The van der Waals surface area contributed by atoms with Crippen LogP contribution in [0.3, 0.4) is 0 Å². The predicted octanol–water partition coefficient (Wildman–Crippen LogP) is 4.31. The number of hydrogen-bond acceptors (Lipinski definition) is 2.